The van der Waals surface area contributed by atoms with E-state index in [1.54, 1.807) is 6.07 Å². The SMILES string of the molecule is FC(F)(c1ccccc1)C(F)(F)c1ccccc1CNCc1ccccc1. The molecule has 0 saturated carbocycles. The van der Waals surface area contributed by atoms with Gasteiger partial charge in [0.05, 0.1) is 0 Å². The first-order chi connectivity index (χ1) is 12.9. The molecule has 0 radical (unpaired) electrons. The van der Waals surface area contributed by atoms with Gasteiger partial charge in [0, 0.05) is 24.2 Å². The summed E-state index contributed by atoms with van der Waals surface area (Å²) in [6.07, 6.45) is 0. The summed E-state index contributed by atoms with van der Waals surface area (Å²) in [4.78, 5) is 0. The molecule has 0 unspecified atom stereocenters. The van der Waals surface area contributed by atoms with E-state index in [-0.39, 0.29) is 12.1 Å². The van der Waals surface area contributed by atoms with Crippen LogP contribution in [0.2, 0.25) is 0 Å². The third-order valence-electron chi connectivity index (χ3n) is 4.37. The second-order valence-corrected chi connectivity index (χ2v) is 6.26. The normalized spacial score (nSPS) is 12.1. The third kappa shape index (κ3) is 4.03. The van der Waals surface area contributed by atoms with Gasteiger partial charge in [-0.1, -0.05) is 84.9 Å². The molecule has 0 fully saturated rings. The van der Waals surface area contributed by atoms with Gasteiger partial charge >= 0.3 is 11.8 Å². The Bertz CT molecular complexity index is 864. The van der Waals surface area contributed by atoms with Crippen LogP contribution in [0, 0.1) is 0 Å². The molecule has 3 aromatic carbocycles. The molecule has 140 valence electrons. The number of hydrogen-bond donors (Lipinski definition) is 1. The van der Waals surface area contributed by atoms with Gasteiger partial charge in [0.1, 0.15) is 0 Å². The highest BCUT2D eigenvalue weighted by Gasteiger charge is 2.59. The summed E-state index contributed by atoms with van der Waals surface area (Å²) in [5, 5.41) is 3.04. The van der Waals surface area contributed by atoms with E-state index in [1.807, 2.05) is 30.3 Å². The van der Waals surface area contributed by atoms with Crippen LogP contribution in [0.4, 0.5) is 17.6 Å². The van der Waals surface area contributed by atoms with Crippen molar-refractivity contribution in [2.45, 2.75) is 24.9 Å². The smallest absolute Gasteiger partial charge is 0.309 e. The maximum Gasteiger partial charge on any atom is 0.340 e. The molecule has 0 bridgehead atoms. The lowest BCUT2D eigenvalue weighted by Gasteiger charge is -2.29. The summed E-state index contributed by atoms with van der Waals surface area (Å²) in [5.74, 6) is -8.65. The highest BCUT2D eigenvalue weighted by Crippen LogP contribution is 2.50. The number of alkyl halides is 4. The number of rotatable bonds is 7. The van der Waals surface area contributed by atoms with Crippen molar-refractivity contribution >= 4 is 0 Å². The average Bonchev–Trinajstić information content (AvgIpc) is 2.69. The molecule has 1 N–H and O–H groups in total. The Labute approximate surface area is 155 Å². The molecule has 0 aliphatic rings. The summed E-state index contributed by atoms with van der Waals surface area (Å²) in [6.45, 7) is 0.515. The summed E-state index contributed by atoms with van der Waals surface area (Å²) >= 11 is 0. The number of halogens is 4. The Morgan fingerprint density at radius 1 is 0.593 bits per heavy atom. The van der Waals surface area contributed by atoms with Crippen molar-refractivity contribution in [3.05, 3.63) is 107 Å². The van der Waals surface area contributed by atoms with Gasteiger partial charge in [0.15, 0.2) is 0 Å². The minimum atomic E-state index is -4.33. The molecule has 0 saturated heterocycles. The lowest BCUT2D eigenvalue weighted by molar-refractivity contribution is -0.224. The highest BCUT2D eigenvalue weighted by atomic mass is 19.3. The van der Waals surface area contributed by atoms with Gasteiger partial charge in [0.25, 0.3) is 0 Å². The van der Waals surface area contributed by atoms with E-state index in [1.165, 1.54) is 30.3 Å². The zero-order valence-corrected chi connectivity index (χ0v) is 14.5. The predicted octanol–water partition coefficient (Wildman–Crippen LogP) is 5.86. The first-order valence-electron chi connectivity index (χ1n) is 8.57. The third-order valence-corrected chi connectivity index (χ3v) is 4.37. The van der Waals surface area contributed by atoms with Crippen molar-refractivity contribution in [1.82, 2.24) is 5.32 Å². The van der Waals surface area contributed by atoms with E-state index in [2.05, 4.69) is 5.32 Å². The van der Waals surface area contributed by atoms with Crippen LogP contribution in [-0.4, -0.2) is 0 Å². The number of benzene rings is 3. The molecule has 0 amide bonds. The van der Waals surface area contributed by atoms with E-state index in [0.29, 0.717) is 6.54 Å². The fourth-order valence-corrected chi connectivity index (χ4v) is 2.92. The van der Waals surface area contributed by atoms with Gasteiger partial charge < -0.3 is 5.32 Å². The van der Waals surface area contributed by atoms with Crippen molar-refractivity contribution < 1.29 is 17.6 Å². The van der Waals surface area contributed by atoms with Crippen molar-refractivity contribution in [2.24, 2.45) is 0 Å². The second kappa shape index (κ2) is 7.92. The summed E-state index contributed by atoms with van der Waals surface area (Å²) < 4.78 is 58.9. The van der Waals surface area contributed by atoms with Crippen LogP contribution >= 0.6 is 0 Å². The van der Waals surface area contributed by atoms with Gasteiger partial charge in [-0.3, -0.25) is 0 Å². The Morgan fingerprint density at radius 2 is 1.15 bits per heavy atom. The summed E-state index contributed by atoms with van der Waals surface area (Å²) in [5.41, 5.74) is -0.244. The van der Waals surface area contributed by atoms with Crippen LogP contribution in [0.3, 0.4) is 0 Å². The number of nitrogens with one attached hydrogen (secondary N) is 1. The van der Waals surface area contributed by atoms with Gasteiger partial charge in [-0.2, -0.15) is 17.6 Å². The van der Waals surface area contributed by atoms with Crippen molar-refractivity contribution in [1.29, 1.82) is 0 Å². The maximum absolute atomic E-state index is 14.9. The fourth-order valence-electron chi connectivity index (χ4n) is 2.92. The van der Waals surface area contributed by atoms with Gasteiger partial charge in [-0.05, 0) is 11.1 Å². The van der Waals surface area contributed by atoms with Crippen LogP contribution in [0.15, 0.2) is 84.9 Å². The molecule has 0 spiro atoms. The van der Waals surface area contributed by atoms with E-state index in [0.717, 1.165) is 23.8 Å². The molecule has 1 nitrogen and oxygen atoms in total. The van der Waals surface area contributed by atoms with Gasteiger partial charge in [-0.15, -0.1) is 0 Å². The minimum absolute atomic E-state index is 0.0610. The lowest BCUT2D eigenvalue weighted by Crippen LogP contribution is -2.36. The molecule has 0 aromatic heterocycles. The average molecular weight is 373 g/mol. The van der Waals surface area contributed by atoms with Crippen LogP contribution in [-0.2, 0) is 24.9 Å². The molecular weight excluding hydrogens is 354 g/mol. The van der Waals surface area contributed by atoms with Crippen LogP contribution < -0.4 is 5.32 Å². The van der Waals surface area contributed by atoms with Crippen molar-refractivity contribution in [3.63, 3.8) is 0 Å². The van der Waals surface area contributed by atoms with E-state index < -0.39 is 23.0 Å². The molecule has 0 aliphatic heterocycles. The van der Waals surface area contributed by atoms with Gasteiger partial charge in [0.2, 0.25) is 0 Å². The molecule has 5 heteroatoms. The zero-order chi connectivity index (χ0) is 19.3. The Morgan fingerprint density at radius 3 is 1.81 bits per heavy atom. The first-order valence-corrected chi connectivity index (χ1v) is 8.57. The van der Waals surface area contributed by atoms with E-state index >= 15 is 0 Å². The van der Waals surface area contributed by atoms with E-state index in [4.69, 9.17) is 0 Å². The fraction of sp³-hybridized carbons (Fsp3) is 0.182. The summed E-state index contributed by atoms with van der Waals surface area (Å²) in [7, 11) is 0. The Hall–Kier alpha value is -2.66. The number of hydrogen-bond acceptors (Lipinski definition) is 1. The van der Waals surface area contributed by atoms with Crippen molar-refractivity contribution in [2.75, 3.05) is 0 Å². The largest absolute Gasteiger partial charge is 0.340 e. The monoisotopic (exact) mass is 373 g/mol. The second-order valence-electron chi connectivity index (χ2n) is 6.26. The van der Waals surface area contributed by atoms with Crippen LogP contribution in [0.25, 0.3) is 0 Å². The summed E-state index contributed by atoms with van der Waals surface area (Å²) in [6, 6.07) is 21.1. The highest BCUT2D eigenvalue weighted by molar-refractivity contribution is 5.36. The van der Waals surface area contributed by atoms with E-state index in [9.17, 15) is 17.6 Å². The first kappa shape index (κ1) is 19.1. The van der Waals surface area contributed by atoms with Crippen LogP contribution in [0.5, 0.6) is 0 Å². The quantitative estimate of drug-likeness (QED) is 0.512. The van der Waals surface area contributed by atoms with Gasteiger partial charge in [-0.25, -0.2) is 0 Å². The minimum Gasteiger partial charge on any atom is -0.309 e. The Kier molecular flexibility index (Phi) is 5.61. The van der Waals surface area contributed by atoms with Crippen molar-refractivity contribution in [3.8, 4) is 0 Å². The molecule has 0 aliphatic carbocycles. The molecule has 3 aromatic rings. The standard InChI is InChI=1S/C22H19F4N/c23-21(24,19-12-5-2-6-13-19)22(25,26)20-14-8-7-11-18(20)16-27-15-17-9-3-1-4-10-17/h1-14,27H,15-16H2. The van der Waals surface area contributed by atoms with Crippen LogP contribution in [0.1, 0.15) is 22.3 Å². The Balaban J connectivity index is 1.83. The molecule has 0 heterocycles. The lowest BCUT2D eigenvalue weighted by atomic mass is 9.92. The molecule has 27 heavy (non-hydrogen) atoms. The molecule has 3 rings (SSSR count). The predicted molar refractivity (Wildman–Crippen MR) is 97.7 cm³/mol. The topological polar surface area (TPSA) is 12.0 Å². The molecular formula is C22H19F4N. The zero-order valence-electron chi connectivity index (χ0n) is 14.5. The molecule has 0 atom stereocenters. The maximum atomic E-state index is 14.9.